The van der Waals surface area contributed by atoms with E-state index in [0.717, 1.165) is 18.0 Å². The molecule has 3 nitrogen and oxygen atoms in total. The van der Waals surface area contributed by atoms with Gasteiger partial charge in [0.2, 0.25) is 0 Å². The summed E-state index contributed by atoms with van der Waals surface area (Å²) in [5.41, 5.74) is 1.16. The minimum absolute atomic E-state index is 0.504. The summed E-state index contributed by atoms with van der Waals surface area (Å²) < 4.78 is 10.3. The van der Waals surface area contributed by atoms with Crippen LogP contribution in [0.4, 0.5) is 0 Å². The van der Waals surface area contributed by atoms with Gasteiger partial charge < -0.3 is 9.47 Å². The standard InChI is InChI=1S/C13H13BrO3/c1-16-12-7-10(5-3-4-6-14)11(9-15)8-13(12)17-2/h7-9H,4,6H2,1-2H3. The number of aldehydes is 1. The van der Waals surface area contributed by atoms with Crippen LogP contribution in [-0.2, 0) is 0 Å². The maximum atomic E-state index is 11.0. The third kappa shape index (κ3) is 3.50. The minimum Gasteiger partial charge on any atom is -0.493 e. The largest absolute Gasteiger partial charge is 0.493 e. The van der Waals surface area contributed by atoms with Crippen molar-refractivity contribution in [2.24, 2.45) is 0 Å². The van der Waals surface area contributed by atoms with Gasteiger partial charge in [-0.2, -0.15) is 0 Å². The third-order valence-corrected chi connectivity index (χ3v) is 2.52. The summed E-state index contributed by atoms with van der Waals surface area (Å²) >= 11 is 3.29. The van der Waals surface area contributed by atoms with Crippen LogP contribution >= 0.6 is 15.9 Å². The molecule has 1 rings (SSSR count). The Hall–Kier alpha value is -1.47. The molecule has 4 heteroatoms. The Morgan fingerprint density at radius 3 is 2.47 bits per heavy atom. The summed E-state index contributed by atoms with van der Waals surface area (Å²) in [6.45, 7) is 0. The van der Waals surface area contributed by atoms with E-state index in [0.29, 0.717) is 22.6 Å². The summed E-state index contributed by atoms with van der Waals surface area (Å²) in [5, 5.41) is 0.809. The molecule has 17 heavy (non-hydrogen) atoms. The Balaban J connectivity index is 3.20. The van der Waals surface area contributed by atoms with E-state index in [1.54, 1.807) is 19.2 Å². The summed E-state index contributed by atoms with van der Waals surface area (Å²) in [4.78, 5) is 11.0. The van der Waals surface area contributed by atoms with E-state index >= 15 is 0 Å². The zero-order chi connectivity index (χ0) is 12.7. The maximum Gasteiger partial charge on any atom is 0.162 e. The maximum absolute atomic E-state index is 11.0. The number of methoxy groups -OCH3 is 2. The quantitative estimate of drug-likeness (QED) is 0.487. The first-order chi connectivity index (χ1) is 8.26. The molecule has 0 spiro atoms. The topological polar surface area (TPSA) is 35.5 Å². The average molecular weight is 297 g/mol. The molecule has 0 aliphatic carbocycles. The van der Waals surface area contributed by atoms with Crippen LogP contribution in [-0.4, -0.2) is 25.8 Å². The van der Waals surface area contributed by atoms with Crippen molar-refractivity contribution >= 4 is 22.2 Å². The number of carbonyl (C=O) groups excluding carboxylic acids is 1. The molecule has 0 heterocycles. The van der Waals surface area contributed by atoms with Gasteiger partial charge in [-0.25, -0.2) is 0 Å². The van der Waals surface area contributed by atoms with E-state index in [9.17, 15) is 4.79 Å². The Morgan fingerprint density at radius 1 is 1.29 bits per heavy atom. The number of ether oxygens (including phenoxy) is 2. The van der Waals surface area contributed by atoms with E-state index in [1.165, 1.54) is 7.11 Å². The van der Waals surface area contributed by atoms with Crippen LogP contribution in [0.5, 0.6) is 11.5 Å². The molecule has 0 atom stereocenters. The van der Waals surface area contributed by atoms with Gasteiger partial charge in [0, 0.05) is 28.9 Å². The first kappa shape index (κ1) is 13.6. The van der Waals surface area contributed by atoms with Crippen LogP contribution in [0.1, 0.15) is 22.3 Å². The molecule has 0 radical (unpaired) electrons. The Kier molecular flexibility index (Phi) is 5.58. The monoisotopic (exact) mass is 296 g/mol. The van der Waals surface area contributed by atoms with Gasteiger partial charge in [-0.05, 0) is 6.07 Å². The summed E-state index contributed by atoms with van der Waals surface area (Å²) in [7, 11) is 3.08. The highest BCUT2D eigenvalue weighted by atomic mass is 79.9. The molecule has 0 aromatic heterocycles. The van der Waals surface area contributed by atoms with Gasteiger partial charge in [-0.3, -0.25) is 4.79 Å². The number of rotatable bonds is 4. The van der Waals surface area contributed by atoms with Crippen molar-refractivity contribution < 1.29 is 14.3 Å². The molecular weight excluding hydrogens is 284 g/mol. The highest BCUT2D eigenvalue weighted by Gasteiger charge is 2.08. The van der Waals surface area contributed by atoms with Crippen molar-refractivity contribution in [2.45, 2.75) is 6.42 Å². The molecule has 0 saturated heterocycles. The van der Waals surface area contributed by atoms with Crippen LogP contribution in [0, 0.1) is 11.8 Å². The number of alkyl halides is 1. The lowest BCUT2D eigenvalue weighted by Crippen LogP contribution is -1.95. The third-order valence-electron chi connectivity index (χ3n) is 2.13. The van der Waals surface area contributed by atoms with Crippen molar-refractivity contribution in [1.82, 2.24) is 0 Å². The van der Waals surface area contributed by atoms with Crippen molar-refractivity contribution in [1.29, 1.82) is 0 Å². The summed E-state index contributed by atoms with van der Waals surface area (Å²) in [5.74, 6) is 7.01. The van der Waals surface area contributed by atoms with Gasteiger partial charge in [-0.15, -0.1) is 0 Å². The average Bonchev–Trinajstić information content (AvgIpc) is 2.38. The molecule has 0 unspecified atom stereocenters. The first-order valence-electron chi connectivity index (χ1n) is 5.02. The van der Waals surface area contributed by atoms with Gasteiger partial charge >= 0.3 is 0 Å². The Labute approximate surface area is 109 Å². The first-order valence-corrected chi connectivity index (χ1v) is 6.15. The van der Waals surface area contributed by atoms with Gasteiger partial charge in [-0.1, -0.05) is 27.8 Å². The van der Waals surface area contributed by atoms with Crippen molar-refractivity contribution in [3.05, 3.63) is 23.3 Å². The number of halogens is 1. The van der Waals surface area contributed by atoms with E-state index < -0.39 is 0 Å². The Bertz CT molecular complexity index is 458. The fraction of sp³-hybridized carbons (Fsp3) is 0.308. The molecular formula is C13H13BrO3. The minimum atomic E-state index is 0.504. The van der Waals surface area contributed by atoms with Gasteiger partial charge in [0.25, 0.3) is 0 Å². The molecule has 0 amide bonds. The van der Waals surface area contributed by atoms with Crippen LogP contribution in [0.2, 0.25) is 0 Å². The highest BCUT2D eigenvalue weighted by molar-refractivity contribution is 9.09. The van der Waals surface area contributed by atoms with E-state index in [1.807, 2.05) is 0 Å². The number of benzene rings is 1. The lowest BCUT2D eigenvalue weighted by molar-refractivity contribution is 0.112. The highest BCUT2D eigenvalue weighted by Crippen LogP contribution is 2.29. The van der Waals surface area contributed by atoms with Crippen molar-refractivity contribution in [3.63, 3.8) is 0 Å². The predicted molar refractivity (Wildman–Crippen MR) is 70.2 cm³/mol. The second-order valence-electron chi connectivity index (χ2n) is 3.15. The van der Waals surface area contributed by atoms with Crippen LogP contribution < -0.4 is 9.47 Å². The predicted octanol–water partition coefficient (Wildman–Crippen LogP) is 2.65. The molecule has 0 bridgehead atoms. The molecule has 0 saturated carbocycles. The smallest absolute Gasteiger partial charge is 0.162 e. The zero-order valence-corrected chi connectivity index (χ0v) is 11.3. The Morgan fingerprint density at radius 2 is 1.94 bits per heavy atom. The normalized spacial score (nSPS) is 9.12. The number of hydrogen-bond donors (Lipinski definition) is 0. The van der Waals surface area contributed by atoms with Crippen LogP contribution in [0.15, 0.2) is 12.1 Å². The van der Waals surface area contributed by atoms with Crippen molar-refractivity contribution in [3.8, 4) is 23.3 Å². The van der Waals surface area contributed by atoms with E-state index in [4.69, 9.17) is 9.47 Å². The van der Waals surface area contributed by atoms with Crippen LogP contribution in [0.25, 0.3) is 0 Å². The number of carbonyl (C=O) groups is 1. The van der Waals surface area contributed by atoms with E-state index in [-0.39, 0.29) is 0 Å². The lowest BCUT2D eigenvalue weighted by atomic mass is 10.1. The molecule has 1 aromatic rings. The molecule has 0 aliphatic rings. The van der Waals surface area contributed by atoms with Crippen LogP contribution in [0.3, 0.4) is 0 Å². The molecule has 1 aromatic carbocycles. The summed E-state index contributed by atoms with van der Waals surface area (Å²) in [6.07, 6.45) is 1.49. The van der Waals surface area contributed by atoms with Crippen molar-refractivity contribution in [2.75, 3.05) is 19.5 Å². The van der Waals surface area contributed by atoms with E-state index in [2.05, 4.69) is 27.8 Å². The van der Waals surface area contributed by atoms with Gasteiger partial charge in [0.15, 0.2) is 17.8 Å². The number of hydrogen-bond acceptors (Lipinski definition) is 3. The fourth-order valence-electron chi connectivity index (χ4n) is 1.31. The lowest BCUT2D eigenvalue weighted by Gasteiger charge is -2.09. The van der Waals surface area contributed by atoms with Gasteiger partial charge in [0.1, 0.15) is 0 Å². The van der Waals surface area contributed by atoms with Gasteiger partial charge in [0.05, 0.1) is 14.2 Å². The molecule has 0 fully saturated rings. The summed E-state index contributed by atoms with van der Waals surface area (Å²) in [6, 6.07) is 3.34. The fourth-order valence-corrected chi connectivity index (χ4v) is 1.50. The molecule has 0 N–H and O–H groups in total. The SMILES string of the molecule is COc1cc(C#CCCBr)c(C=O)cc1OC. The second-order valence-corrected chi connectivity index (χ2v) is 3.95. The zero-order valence-electron chi connectivity index (χ0n) is 9.75. The second kappa shape index (κ2) is 6.97. The molecule has 0 aliphatic heterocycles. The molecule has 90 valence electrons.